The highest BCUT2D eigenvalue weighted by atomic mass is 32.2. The number of anilines is 2. The lowest BCUT2D eigenvalue weighted by Crippen LogP contribution is -2.20. The number of nitrogens with zero attached hydrogens (tertiary/aromatic N) is 5. The standard InChI is InChI=1S/C19H21N7O7S/c1-11-18(26(28)29)12(2)25(23-11)10-16(27)20-13-5-7-14(8-6-13)34(30,31)24-15-9-17(32-3)22-19(21-15)33-4/h5-9H,10H2,1-4H3,(H,20,27)(H,21,22,24). The number of carbonyl (C=O) groups is 1. The second-order valence-electron chi connectivity index (χ2n) is 6.89. The Labute approximate surface area is 194 Å². The molecule has 3 rings (SSSR count). The quantitative estimate of drug-likeness (QED) is 0.330. The molecule has 0 radical (unpaired) electrons. The number of methoxy groups -OCH3 is 2. The SMILES string of the molecule is COc1cc(NS(=O)(=O)c2ccc(NC(=O)Cn3nc(C)c([N+](=O)[O-])c3C)cc2)nc(OC)n1. The van der Waals surface area contributed by atoms with Gasteiger partial charge in [-0.05, 0) is 38.1 Å². The second-order valence-corrected chi connectivity index (χ2v) is 8.58. The molecule has 0 aliphatic rings. The highest BCUT2D eigenvalue weighted by molar-refractivity contribution is 7.92. The molecule has 2 aromatic heterocycles. The normalized spacial score (nSPS) is 11.1. The lowest BCUT2D eigenvalue weighted by molar-refractivity contribution is -0.386. The molecule has 0 saturated carbocycles. The zero-order valence-electron chi connectivity index (χ0n) is 18.6. The number of aromatic nitrogens is 4. The van der Waals surface area contributed by atoms with Crippen molar-refractivity contribution in [2.24, 2.45) is 0 Å². The summed E-state index contributed by atoms with van der Waals surface area (Å²) in [6.45, 7) is 2.74. The number of ether oxygens (including phenoxy) is 2. The third kappa shape index (κ3) is 5.37. The van der Waals surface area contributed by atoms with E-state index in [0.29, 0.717) is 5.69 Å². The number of rotatable bonds is 9. The Balaban J connectivity index is 1.70. The molecule has 34 heavy (non-hydrogen) atoms. The van der Waals surface area contributed by atoms with Crippen LogP contribution in [0.5, 0.6) is 11.9 Å². The second kappa shape index (κ2) is 9.70. The molecule has 3 aromatic rings. The van der Waals surface area contributed by atoms with E-state index < -0.39 is 20.9 Å². The molecular weight excluding hydrogens is 470 g/mol. The summed E-state index contributed by atoms with van der Waals surface area (Å²) in [5.74, 6) is -0.440. The average molecular weight is 491 g/mol. The molecule has 0 spiro atoms. The summed E-state index contributed by atoms with van der Waals surface area (Å²) in [5.41, 5.74) is 0.638. The van der Waals surface area contributed by atoms with Gasteiger partial charge in [-0.15, -0.1) is 0 Å². The van der Waals surface area contributed by atoms with Gasteiger partial charge < -0.3 is 14.8 Å². The first-order chi connectivity index (χ1) is 16.0. The molecule has 14 nitrogen and oxygen atoms in total. The molecule has 0 fully saturated rings. The van der Waals surface area contributed by atoms with Crippen molar-refractivity contribution in [1.82, 2.24) is 19.7 Å². The average Bonchev–Trinajstić information content (AvgIpc) is 3.06. The fraction of sp³-hybridized carbons (Fsp3) is 0.263. The van der Waals surface area contributed by atoms with Gasteiger partial charge in [-0.2, -0.15) is 15.1 Å². The van der Waals surface area contributed by atoms with Crippen molar-refractivity contribution in [3.8, 4) is 11.9 Å². The van der Waals surface area contributed by atoms with E-state index in [1.54, 1.807) is 0 Å². The van der Waals surface area contributed by atoms with Gasteiger partial charge in [-0.1, -0.05) is 0 Å². The Morgan fingerprint density at radius 3 is 2.38 bits per heavy atom. The van der Waals surface area contributed by atoms with E-state index in [9.17, 15) is 23.3 Å². The zero-order chi connectivity index (χ0) is 25.0. The van der Waals surface area contributed by atoms with Crippen LogP contribution in [0.2, 0.25) is 0 Å². The predicted octanol–water partition coefficient (Wildman–Crippen LogP) is 1.65. The highest BCUT2D eigenvalue weighted by Gasteiger charge is 2.23. The van der Waals surface area contributed by atoms with E-state index in [2.05, 4.69) is 25.1 Å². The van der Waals surface area contributed by atoms with Gasteiger partial charge in [-0.25, -0.2) is 8.42 Å². The van der Waals surface area contributed by atoms with Gasteiger partial charge in [-0.3, -0.25) is 24.3 Å². The van der Waals surface area contributed by atoms with E-state index in [-0.39, 0.29) is 46.2 Å². The van der Waals surface area contributed by atoms with E-state index >= 15 is 0 Å². The molecule has 2 heterocycles. The Hall–Kier alpha value is -4.27. The van der Waals surface area contributed by atoms with Crippen molar-refractivity contribution >= 4 is 33.1 Å². The maximum Gasteiger partial charge on any atom is 0.321 e. The van der Waals surface area contributed by atoms with Crippen molar-refractivity contribution in [1.29, 1.82) is 0 Å². The number of nitrogens with one attached hydrogen (secondary N) is 2. The topological polar surface area (TPSA) is 180 Å². The molecule has 0 saturated heterocycles. The van der Waals surface area contributed by atoms with Gasteiger partial charge in [0.15, 0.2) is 5.82 Å². The van der Waals surface area contributed by atoms with Gasteiger partial charge in [0.1, 0.15) is 17.9 Å². The van der Waals surface area contributed by atoms with Crippen molar-refractivity contribution in [3.05, 3.63) is 51.8 Å². The van der Waals surface area contributed by atoms with E-state index in [0.717, 1.165) is 0 Å². The summed E-state index contributed by atoms with van der Waals surface area (Å²) in [6.07, 6.45) is 0. The third-order valence-corrected chi connectivity index (χ3v) is 5.95. The smallest absolute Gasteiger partial charge is 0.321 e. The minimum absolute atomic E-state index is 0.0555. The van der Waals surface area contributed by atoms with Crippen LogP contribution in [0, 0.1) is 24.0 Å². The Kier molecular flexibility index (Phi) is 6.95. The molecule has 1 aromatic carbocycles. The van der Waals surface area contributed by atoms with Gasteiger partial charge in [0, 0.05) is 11.8 Å². The number of benzene rings is 1. The number of amides is 1. The molecule has 0 unspecified atom stereocenters. The van der Waals surface area contributed by atoms with Crippen molar-refractivity contribution in [2.45, 2.75) is 25.3 Å². The minimum atomic E-state index is -4.01. The molecule has 2 N–H and O–H groups in total. The van der Waals surface area contributed by atoms with Crippen LogP contribution >= 0.6 is 0 Å². The summed E-state index contributed by atoms with van der Waals surface area (Å²) in [5, 5.41) is 17.7. The molecule has 0 atom stereocenters. The van der Waals surface area contributed by atoms with Gasteiger partial charge in [0.2, 0.25) is 11.8 Å². The molecule has 0 aliphatic carbocycles. The number of sulfonamides is 1. The zero-order valence-corrected chi connectivity index (χ0v) is 19.4. The molecule has 0 bridgehead atoms. The third-order valence-electron chi connectivity index (χ3n) is 4.58. The number of nitro groups is 1. The van der Waals surface area contributed by atoms with Crippen LogP contribution in [0.25, 0.3) is 0 Å². The first-order valence-corrected chi connectivity index (χ1v) is 11.1. The molecule has 15 heteroatoms. The molecule has 180 valence electrons. The van der Waals surface area contributed by atoms with E-state index in [1.165, 1.54) is 63.1 Å². The van der Waals surface area contributed by atoms with E-state index in [4.69, 9.17) is 9.47 Å². The van der Waals surface area contributed by atoms with Crippen molar-refractivity contribution in [3.63, 3.8) is 0 Å². The van der Waals surface area contributed by atoms with Gasteiger partial charge in [0.25, 0.3) is 10.0 Å². The predicted molar refractivity (Wildman–Crippen MR) is 119 cm³/mol. The number of aryl methyl sites for hydroxylation is 1. The summed E-state index contributed by atoms with van der Waals surface area (Å²) in [4.78, 5) is 30.6. The number of hydrogen-bond acceptors (Lipinski definition) is 10. The van der Waals surface area contributed by atoms with Crippen LogP contribution < -0.4 is 19.5 Å². The largest absolute Gasteiger partial charge is 0.481 e. The summed E-state index contributed by atoms with van der Waals surface area (Å²) in [7, 11) is -1.32. The lowest BCUT2D eigenvalue weighted by Gasteiger charge is -2.10. The Bertz CT molecular complexity index is 1320. The summed E-state index contributed by atoms with van der Waals surface area (Å²) in [6, 6.07) is 6.60. The van der Waals surface area contributed by atoms with Crippen LogP contribution in [0.3, 0.4) is 0 Å². The van der Waals surface area contributed by atoms with Gasteiger partial charge >= 0.3 is 11.7 Å². The minimum Gasteiger partial charge on any atom is -0.481 e. The Morgan fingerprint density at radius 1 is 1.15 bits per heavy atom. The van der Waals surface area contributed by atoms with Crippen LogP contribution in [-0.4, -0.2) is 53.2 Å². The first kappa shape index (κ1) is 24.4. The lowest BCUT2D eigenvalue weighted by atomic mass is 10.3. The summed E-state index contributed by atoms with van der Waals surface area (Å²) >= 11 is 0. The van der Waals surface area contributed by atoms with Crippen LogP contribution in [-0.2, 0) is 21.4 Å². The van der Waals surface area contributed by atoms with E-state index in [1.807, 2.05) is 0 Å². The maximum absolute atomic E-state index is 12.7. The van der Waals surface area contributed by atoms with Crippen LogP contribution in [0.15, 0.2) is 35.2 Å². The fourth-order valence-electron chi connectivity index (χ4n) is 3.01. The molecule has 0 aliphatic heterocycles. The highest BCUT2D eigenvalue weighted by Crippen LogP contribution is 2.23. The first-order valence-electron chi connectivity index (χ1n) is 9.62. The fourth-order valence-corrected chi connectivity index (χ4v) is 4.00. The summed E-state index contributed by atoms with van der Waals surface area (Å²) < 4.78 is 38.8. The van der Waals surface area contributed by atoms with Crippen LogP contribution in [0.4, 0.5) is 17.2 Å². The van der Waals surface area contributed by atoms with Crippen molar-refractivity contribution < 1.29 is 27.6 Å². The maximum atomic E-state index is 12.7. The van der Waals surface area contributed by atoms with Gasteiger partial charge in [0.05, 0.1) is 24.0 Å². The number of hydrogen-bond donors (Lipinski definition) is 2. The molecular formula is C19H21N7O7S. The van der Waals surface area contributed by atoms with Crippen LogP contribution in [0.1, 0.15) is 11.4 Å². The number of carbonyl (C=O) groups excluding carboxylic acids is 1. The van der Waals surface area contributed by atoms with Crippen molar-refractivity contribution in [2.75, 3.05) is 24.3 Å². The Morgan fingerprint density at radius 2 is 1.82 bits per heavy atom. The molecule has 1 amide bonds. The monoisotopic (exact) mass is 491 g/mol.